The van der Waals surface area contributed by atoms with Crippen molar-refractivity contribution in [2.24, 2.45) is 0 Å². The van der Waals surface area contributed by atoms with Crippen molar-refractivity contribution in [1.82, 2.24) is 15.1 Å². The van der Waals surface area contributed by atoms with Gasteiger partial charge in [0.15, 0.2) is 0 Å². The topological polar surface area (TPSA) is 55.9 Å². The summed E-state index contributed by atoms with van der Waals surface area (Å²) >= 11 is 0. The number of hydrogen-bond donors (Lipinski definition) is 1. The van der Waals surface area contributed by atoms with E-state index in [1.807, 2.05) is 77.7 Å². The molecule has 1 aliphatic carbocycles. The van der Waals surface area contributed by atoms with E-state index in [0.29, 0.717) is 19.4 Å². The monoisotopic (exact) mass is 652 g/mol. The molecular weight excluding hydrogens is 613 g/mol. The molecule has 4 aromatic carbocycles. The van der Waals surface area contributed by atoms with E-state index < -0.39 is 24.0 Å². The van der Waals surface area contributed by atoms with Crippen LogP contribution in [0.4, 0.5) is 18.9 Å². The molecule has 0 spiro atoms. The van der Waals surface area contributed by atoms with Crippen molar-refractivity contribution in [1.29, 1.82) is 0 Å². The van der Waals surface area contributed by atoms with Gasteiger partial charge in [-0.15, -0.1) is 0 Å². The Kier molecular flexibility index (Phi) is 8.50. The first-order valence-electron chi connectivity index (χ1n) is 16.7. The normalized spacial score (nSPS) is 17.5. The molecule has 1 saturated heterocycles. The number of alkyl halides is 3. The molecule has 1 fully saturated rings. The van der Waals surface area contributed by atoms with Crippen LogP contribution in [0, 0.1) is 0 Å². The van der Waals surface area contributed by atoms with Crippen LogP contribution in [0.25, 0.3) is 11.1 Å². The summed E-state index contributed by atoms with van der Waals surface area (Å²) in [6.45, 7) is 5.23. The number of fused-ring (bicyclic) bond motifs is 4. The largest absolute Gasteiger partial charge is 0.405 e. The third kappa shape index (κ3) is 5.85. The fourth-order valence-electron chi connectivity index (χ4n) is 7.81. The fourth-order valence-corrected chi connectivity index (χ4v) is 7.81. The van der Waals surface area contributed by atoms with Crippen molar-refractivity contribution in [3.8, 4) is 11.1 Å². The summed E-state index contributed by atoms with van der Waals surface area (Å²) in [6, 6.07) is 31.4. The van der Waals surface area contributed by atoms with Gasteiger partial charge in [0.2, 0.25) is 5.91 Å². The molecule has 2 amide bonds. The molecule has 2 aliphatic heterocycles. The summed E-state index contributed by atoms with van der Waals surface area (Å²) in [6.07, 6.45) is -3.46. The van der Waals surface area contributed by atoms with Crippen LogP contribution in [0.1, 0.15) is 58.4 Å². The van der Waals surface area contributed by atoms with Gasteiger partial charge in [0, 0.05) is 44.0 Å². The minimum Gasteiger partial charge on any atom is -0.369 e. The standard InChI is InChI=1S/C39H39F3N4O2/c1-27(28-10-3-2-4-11-28)46-25-29-16-17-30(24-33(29)36(46)47)45-22-20-44(21-23-45)19-9-18-38(37(48)43-26-39(40,41)42)34-14-7-5-12-31(34)32-13-6-8-15-35(32)38/h2-8,10-17,24,27H,9,18-23,25-26H2,1H3,(H,43,48). The Balaban J connectivity index is 1.01. The number of benzene rings is 4. The second-order valence-electron chi connectivity index (χ2n) is 13.1. The third-order valence-electron chi connectivity index (χ3n) is 10.3. The highest BCUT2D eigenvalue weighted by Gasteiger charge is 2.49. The Morgan fingerprint density at radius 3 is 2.10 bits per heavy atom. The number of carbonyl (C=O) groups is 2. The van der Waals surface area contributed by atoms with Crippen molar-refractivity contribution in [2.45, 2.75) is 43.9 Å². The Morgan fingerprint density at radius 2 is 1.46 bits per heavy atom. The third-order valence-corrected chi connectivity index (χ3v) is 10.3. The van der Waals surface area contributed by atoms with Gasteiger partial charge >= 0.3 is 6.18 Å². The number of rotatable bonds is 9. The maximum Gasteiger partial charge on any atom is 0.405 e. The molecule has 1 N–H and O–H groups in total. The predicted molar refractivity (Wildman–Crippen MR) is 181 cm³/mol. The van der Waals surface area contributed by atoms with E-state index in [1.54, 1.807) is 0 Å². The second kappa shape index (κ2) is 12.8. The second-order valence-corrected chi connectivity index (χ2v) is 13.1. The molecular formula is C39H39F3N4O2. The summed E-state index contributed by atoms with van der Waals surface area (Å²) in [5.74, 6) is -0.546. The molecule has 2 heterocycles. The van der Waals surface area contributed by atoms with E-state index in [4.69, 9.17) is 0 Å². The molecule has 0 radical (unpaired) electrons. The highest BCUT2D eigenvalue weighted by molar-refractivity contribution is 6.01. The predicted octanol–water partition coefficient (Wildman–Crippen LogP) is 6.95. The summed E-state index contributed by atoms with van der Waals surface area (Å²) in [5, 5.41) is 2.23. The molecule has 6 nitrogen and oxygen atoms in total. The van der Waals surface area contributed by atoms with E-state index >= 15 is 0 Å². The first-order chi connectivity index (χ1) is 23.2. The Bertz CT molecular complexity index is 1770. The summed E-state index contributed by atoms with van der Waals surface area (Å²) in [7, 11) is 0. The van der Waals surface area contributed by atoms with Gasteiger partial charge in [0.05, 0.1) is 6.04 Å². The summed E-state index contributed by atoms with van der Waals surface area (Å²) < 4.78 is 39.7. The van der Waals surface area contributed by atoms with Crippen molar-refractivity contribution in [3.63, 3.8) is 0 Å². The van der Waals surface area contributed by atoms with Crippen molar-refractivity contribution in [3.05, 3.63) is 125 Å². The number of amides is 2. The molecule has 1 atom stereocenters. The average molecular weight is 653 g/mol. The van der Waals surface area contributed by atoms with Gasteiger partial charge in [-0.25, -0.2) is 0 Å². The smallest absolute Gasteiger partial charge is 0.369 e. The SMILES string of the molecule is CC(c1ccccc1)N1Cc2ccc(N3CCN(CCCC4(C(=O)NCC(F)(F)F)c5ccccc5-c5ccccc54)CC3)cc2C1=O. The van der Waals surface area contributed by atoms with Gasteiger partial charge in [0.25, 0.3) is 5.91 Å². The maximum absolute atomic E-state index is 13.8. The van der Waals surface area contributed by atoms with Gasteiger partial charge in [-0.05, 0) is 71.8 Å². The average Bonchev–Trinajstić information content (AvgIpc) is 3.59. The lowest BCUT2D eigenvalue weighted by molar-refractivity contribution is -0.141. The first kappa shape index (κ1) is 31.9. The van der Waals surface area contributed by atoms with Crippen LogP contribution in [0.5, 0.6) is 0 Å². The highest BCUT2D eigenvalue weighted by atomic mass is 19.4. The van der Waals surface area contributed by atoms with E-state index in [-0.39, 0.29) is 11.9 Å². The van der Waals surface area contributed by atoms with E-state index in [0.717, 1.165) is 77.4 Å². The molecule has 248 valence electrons. The number of hydrogen-bond acceptors (Lipinski definition) is 4. The lowest BCUT2D eigenvalue weighted by Crippen LogP contribution is -2.48. The molecule has 4 aromatic rings. The number of nitrogens with one attached hydrogen (secondary N) is 1. The molecule has 48 heavy (non-hydrogen) atoms. The van der Waals surface area contributed by atoms with Crippen molar-refractivity contribution >= 4 is 17.5 Å². The van der Waals surface area contributed by atoms with Gasteiger partial charge < -0.3 is 15.1 Å². The molecule has 3 aliphatic rings. The van der Waals surface area contributed by atoms with Crippen LogP contribution in [0.2, 0.25) is 0 Å². The number of piperazine rings is 1. The van der Waals surface area contributed by atoms with Crippen LogP contribution in [0.3, 0.4) is 0 Å². The number of halogens is 3. The minimum absolute atomic E-state index is 0.0147. The quantitative estimate of drug-likeness (QED) is 0.213. The lowest BCUT2D eigenvalue weighted by atomic mass is 9.73. The zero-order valence-corrected chi connectivity index (χ0v) is 27.0. The Labute approximate surface area is 279 Å². The van der Waals surface area contributed by atoms with Crippen molar-refractivity contribution in [2.75, 3.05) is 44.2 Å². The molecule has 9 heteroatoms. The first-order valence-corrected chi connectivity index (χ1v) is 16.7. The van der Waals surface area contributed by atoms with Gasteiger partial charge in [-0.3, -0.25) is 14.5 Å². The van der Waals surface area contributed by atoms with E-state index in [9.17, 15) is 22.8 Å². The number of carbonyl (C=O) groups excluding carboxylic acids is 2. The van der Waals surface area contributed by atoms with Gasteiger partial charge in [0.1, 0.15) is 12.0 Å². The van der Waals surface area contributed by atoms with Gasteiger partial charge in [-0.1, -0.05) is 84.9 Å². The summed E-state index contributed by atoms with van der Waals surface area (Å²) in [5.41, 5.74) is 6.10. The Morgan fingerprint density at radius 1 is 0.833 bits per heavy atom. The van der Waals surface area contributed by atoms with E-state index in [2.05, 4.69) is 46.3 Å². The maximum atomic E-state index is 13.8. The lowest BCUT2D eigenvalue weighted by Gasteiger charge is -2.37. The van der Waals surface area contributed by atoms with E-state index in [1.165, 1.54) is 0 Å². The fraction of sp³-hybridized carbons (Fsp3) is 0.333. The highest BCUT2D eigenvalue weighted by Crippen LogP contribution is 2.51. The van der Waals surface area contributed by atoms with Crippen LogP contribution < -0.4 is 10.2 Å². The Hall–Kier alpha value is -4.63. The van der Waals surface area contributed by atoms with Crippen LogP contribution >= 0.6 is 0 Å². The minimum atomic E-state index is -4.50. The summed E-state index contributed by atoms with van der Waals surface area (Å²) in [4.78, 5) is 33.8. The van der Waals surface area contributed by atoms with Gasteiger partial charge in [-0.2, -0.15) is 13.2 Å². The van der Waals surface area contributed by atoms with Crippen LogP contribution in [-0.4, -0.2) is 67.1 Å². The van der Waals surface area contributed by atoms with Crippen molar-refractivity contribution < 1.29 is 22.8 Å². The zero-order chi connectivity index (χ0) is 33.5. The number of anilines is 1. The molecule has 0 bridgehead atoms. The van der Waals surface area contributed by atoms with Crippen LogP contribution in [0.15, 0.2) is 97.1 Å². The molecule has 7 rings (SSSR count). The molecule has 1 unspecified atom stereocenters. The molecule has 0 saturated carbocycles. The zero-order valence-electron chi connectivity index (χ0n) is 27.0. The number of nitrogens with zero attached hydrogens (tertiary/aromatic N) is 3. The molecule has 0 aromatic heterocycles. The van der Waals surface area contributed by atoms with Crippen LogP contribution in [-0.2, 0) is 16.8 Å².